The maximum absolute atomic E-state index is 12.6. The van der Waals surface area contributed by atoms with E-state index < -0.39 is 0 Å². The third-order valence-corrected chi connectivity index (χ3v) is 4.27. The highest BCUT2D eigenvalue weighted by Gasteiger charge is 2.20. The molecule has 1 N–H and O–H groups in total. The third kappa shape index (κ3) is 3.32. The Balaban J connectivity index is 2.20. The van der Waals surface area contributed by atoms with Gasteiger partial charge in [0, 0.05) is 35.8 Å². The Hall–Kier alpha value is -1.09. The van der Waals surface area contributed by atoms with E-state index in [0.29, 0.717) is 12.6 Å². The van der Waals surface area contributed by atoms with Crippen molar-refractivity contribution in [2.24, 2.45) is 0 Å². The summed E-state index contributed by atoms with van der Waals surface area (Å²) in [6.07, 6.45) is 5.14. The van der Waals surface area contributed by atoms with Gasteiger partial charge in [-0.25, -0.2) is 0 Å². The van der Waals surface area contributed by atoms with Gasteiger partial charge in [-0.1, -0.05) is 39.7 Å². The number of rotatable bonds is 4. The fraction of sp³-hybridized carbons (Fsp3) is 0.706. The Kier molecular flexibility index (Phi) is 4.69. The van der Waals surface area contributed by atoms with Crippen LogP contribution in [-0.4, -0.2) is 10.6 Å². The molecule has 1 saturated carbocycles. The van der Waals surface area contributed by atoms with Crippen molar-refractivity contribution in [3.05, 3.63) is 33.7 Å². The number of hydrogen-bond donors (Lipinski definition) is 1. The van der Waals surface area contributed by atoms with Crippen molar-refractivity contribution in [2.75, 3.05) is 0 Å². The molecule has 1 aromatic rings. The van der Waals surface area contributed by atoms with Gasteiger partial charge in [-0.2, -0.15) is 0 Å². The van der Waals surface area contributed by atoms with E-state index in [9.17, 15) is 4.79 Å². The van der Waals surface area contributed by atoms with E-state index in [1.807, 2.05) is 17.6 Å². The zero-order chi connectivity index (χ0) is 14.8. The third-order valence-electron chi connectivity index (χ3n) is 4.27. The molecule has 2 rings (SSSR count). The summed E-state index contributed by atoms with van der Waals surface area (Å²) in [5.41, 5.74) is 2.19. The van der Waals surface area contributed by atoms with Gasteiger partial charge in [0.05, 0.1) is 0 Å². The monoisotopic (exact) mass is 276 g/mol. The predicted molar refractivity (Wildman–Crippen MR) is 84.2 cm³/mol. The topological polar surface area (TPSA) is 34.0 Å². The molecule has 112 valence electrons. The summed E-state index contributed by atoms with van der Waals surface area (Å²) in [4.78, 5) is 12.6. The van der Waals surface area contributed by atoms with Crippen molar-refractivity contribution < 1.29 is 0 Å². The molecule has 1 aliphatic carbocycles. The van der Waals surface area contributed by atoms with E-state index in [2.05, 4.69) is 32.2 Å². The molecule has 0 aliphatic heterocycles. The van der Waals surface area contributed by atoms with Gasteiger partial charge in [0.15, 0.2) is 0 Å². The summed E-state index contributed by atoms with van der Waals surface area (Å²) >= 11 is 0. The second kappa shape index (κ2) is 6.13. The number of nitrogens with one attached hydrogen (secondary N) is 1. The summed E-state index contributed by atoms with van der Waals surface area (Å²) in [6, 6.07) is 4.74. The maximum Gasteiger partial charge on any atom is 0.255 e. The Bertz CT molecular complexity index is 505. The van der Waals surface area contributed by atoms with Gasteiger partial charge in [0.2, 0.25) is 0 Å². The smallest absolute Gasteiger partial charge is 0.255 e. The highest BCUT2D eigenvalue weighted by atomic mass is 16.1. The molecule has 0 atom stereocenters. The fourth-order valence-corrected chi connectivity index (χ4v) is 3.11. The SMILES string of the molecule is CCn1c(C(C)(C)C)ccc(CNC2CCCC2)c1=O. The molecule has 0 radical (unpaired) electrons. The van der Waals surface area contributed by atoms with Gasteiger partial charge in [0.1, 0.15) is 0 Å². The lowest BCUT2D eigenvalue weighted by atomic mass is 9.90. The van der Waals surface area contributed by atoms with E-state index >= 15 is 0 Å². The Morgan fingerprint density at radius 2 is 1.90 bits per heavy atom. The van der Waals surface area contributed by atoms with Gasteiger partial charge in [0.25, 0.3) is 5.56 Å². The molecule has 0 bridgehead atoms. The van der Waals surface area contributed by atoms with Crippen LogP contribution in [-0.2, 0) is 18.5 Å². The van der Waals surface area contributed by atoms with Crippen LogP contribution in [0.5, 0.6) is 0 Å². The lowest BCUT2D eigenvalue weighted by Gasteiger charge is -2.24. The standard InChI is InChI=1S/C17H28N2O/c1-5-19-15(17(2,3)4)11-10-13(16(19)20)12-18-14-8-6-7-9-14/h10-11,14,18H,5-9,12H2,1-4H3. The van der Waals surface area contributed by atoms with Crippen LogP contribution in [0.25, 0.3) is 0 Å². The largest absolute Gasteiger partial charge is 0.312 e. The van der Waals surface area contributed by atoms with E-state index in [-0.39, 0.29) is 11.0 Å². The van der Waals surface area contributed by atoms with Crippen molar-refractivity contribution in [2.45, 2.75) is 77.9 Å². The Morgan fingerprint density at radius 1 is 1.25 bits per heavy atom. The highest BCUT2D eigenvalue weighted by molar-refractivity contribution is 5.21. The summed E-state index contributed by atoms with van der Waals surface area (Å²) in [5, 5.41) is 3.53. The van der Waals surface area contributed by atoms with Crippen LogP contribution in [0, 0.1) is 0 Å². The number of hydrogen-bond acceptors (Lipinski definition) is 2. The zero-order valence-corrected chi connectivity index (χ0v) is 13.3. The first kappa shape index (κ1) is 15.3. The van der Waals surface area contributed by atoms with Gasteiger partial charge < -0.3 is 9.88 Å². The predicted octanol–water partition coefficient (Wildman–Crippen LogP) is 3.20. The average molecular weight is 276 g/mol. The Labute approximate surface area is 122 Å². The summed E-state index contributed by atoms with van der Waals surface area (Å²) < 4.78 is 1.92. The quantitative estimate of drug-likeness (QED) is 0.916. The lowest BCUT2D eigenvalue weighted by Crippen LogP contribution is -2.34. The summed E-state index contributed by atoms with van der Waals surface area (Å²) in [7, 11) is 0. The first-order chi connectivity index (χ1) is 9.43. The first-order valence-electron chi connectivity index (χ1n) is 7.90. The van der Waals surface area contributed by atoms with Crippen molar-refractivity contribution >= 4 is 0 Å². The highest BCUT2D eigenvalue weighted by Crippen LogP contribution is 2.21. The molecule has 0 unspecified atom stereocenters. The zero-order valence-electron chi connectivity index (χ0n) is 13.3. The molecule has 20 heavy (non-hydrogen) atoms. The van der Waals surface area contributed by atoms with E-state index in [4.69, 9.17) is 0 Å². The van der Waals surface area contributed by atoms with Crippen LogP contribution < -0.4 is 10.9 Å². The van der Waals surface area contributed by atoms with Crippen molar-refractivity contribution in [3.63, 3.8) is 0 Å². The average Bonchev–Trinajstić information content (AvgIpc) is 2.89. The first-order valence-corrected chi connectivity index (χ1v) is 7.90. The van der Waals surface area contributed by atoms with E-state index in [1.165, 1.54) is 25.7 Å². The van der Waals surface area contributed by atoms with Gasteiger partial charge in [-0.15, -0.1) is 0 Å². The van der Waals surface area contributed by atoms with Crippen LogP contribution >= 0.6 is 0 Å². The Morgan fingerprint density at radius 3 is 2.45 bits per heavy atom. The second-order valence-corrected chi connectivity index (χ2v) is 6.91. The molecule has 0 spiro atoms. The minimum absolute atomic E-state index is 0.00653. The van der Waals surface area contributed by atoms with Crippen molar-refractivity contribution in [1.82, 2.24) is 9.88 Å². The second-order valence-electron chi connectivity index (χ2n) is 6.91. The molecule has 0 amide bonds. The molecular formula is C17H28N2O. The van der Waals surface area contributed by atoms with Crippen LogP contribution in [0.2, 0.25) is 0 Å². The van der Waals surface area contributed by atoms with Crippen LogP contribution in [0.4, 0.5) is 0 Å². The molecule has 0 saturated heterocycles. The maximum atomic E-state index is 12.6. The molecule has 3 nitrogen and oxygen atoms in total. The molecule has 3 heteroatoms. The van der Waals surface area contributed by atoms with E-state index in [1.54, 1.807) is 0 Å². The summed E-state index contributed by atoms with van der Waals surface area (Å²) in [5.74, 6) is 0. The molecule has 1 aliphatic rings. The van der Waals surface area contributed by atoms with Gasteiger partial charge >= 0.3 is 0 Å². The van der Waals surface area contributed by atoms with Gasteiger partial charge in [-0.3, -0.25) is 4.79 Å². The molecule has 0 aromatic carbocycles. The molecule has 1 aromatic heterocycles. The number of aromatic nitrogens is 1. The minimum Gasteiger partial charge on any atom is -0.312 e. The van der Waals surface area contributed by atoms with E-state index in [0.717, 1.165) is 17.8 Å². The van der Waals surface area contributed by atoms with Crippen LogP contribution in [0.3, 0.4) is 0 Å². The van der Waals surface area contributed by atoms with Gasteiger partial charge in [-0.05, 0) is 25.8 Å². The molecule has 1 heterocycles. The molecule has 1 fully saturated rings. The lowest BCUT2D eigenvalue weighted by molar-refractivity contribution is 0.497. The van der Waals surface area contributed by atoms with Crippen molar-refractivity contribution in [3.8, 4) is 0 Å². The summed E-state index contributed by atoms with van der Waals surface area (Å²) in [6.45, 7) is 9.96. The minimum atomic E-state index is 0.00653. The normalized spacial score (nSPS) is 16.8. The number of nitrogens with zero attached hydrogens (tertiary/aromatic N) is 1. The van der Waals surface area contributed by atoms with Crippen LogP contribution in [0.15, 0.2) is 16.9 Å². The number of pyridine rings is 1. The fourth-order valence-electron chi connectivity index (χ4n) is 3.11. The van der Waals surface area contributed by atoms with Crippen molar-refractivity contribution in [1.29, 1.82) is 0 Å². The molecular weight excluding hydrogens is 248 g/mol. The van der Waals surface area contributed by atoms with Crippen LogP contribution in [0.1, 0.15) is 64.6 Å².